The molecule has 116 valence electrons. The van der Waals surface area contributed by atoms with Crippen molar-refractivity contribution in [3.8, 4) is 11.4 Å². The van der Waals surface area contributed by atoms with E-state index in [2.05, 4.69) is 15.5 Å². The van der Waals surface area contributed by atoms with Crippen LogP contribution in [0.3, 0.4) is 0 Å². The van der Waals surface area contributed by atoms with Gasteiger partial charge >= 0.3 is 11.8 Å². The van der Waals surface area contributed by atoms with E-state index in [1.165, 1.54) is 24.3 Å². The van der Waals surface area contributed by atoms with Gasteiger partial charge in [-0.15, -0.1) is 0 Å². The fraction of sp³-hybridized carbons (Fsp3) is 0.0625. The molecule has 0 aliphatic heterocycles. The Morgan fingerprint density at radius 2 is 1.83 bits per heavy atom. The summed E-state index contributed by atoms with van der Waals surface area (Å²) in [5.74, 6) is -0.779. The topological polar surface area (TPSA) is 68.0 Å². The highest BCUT2D eigenvalue weighted by Gasteiger charge is 2.15. The molecule has 1 aromatic heterocycles. The first-order valence-electron chi connectivity index (χ1n) is 6.74. The number of amides is 1. The maximum Gasteiger partial charge on any atom is 0.316 e. The third-order valence-electron chi connectivity index (χ3n) is 3.09. The van der Waals surface area contributed by atoms with Crippen LogP contribution in [0.25, 0.3) is 11.4 Å². The Kier molecular flexibility index (Phi) is 4.34. The monoisotopic (exact) mass is 331 g/mol. The largest absolute Gasteiger partial charge is 0.344 e. The second kappa shape index (κ2) is 6.58. The Bertz CT molecular complexity index is 816. The molecule has 0 atom stereocenters. The van der Waals surface area contributed by atoms with Crippen LogP contribution in [0.4, 0.5) is 4.39 Å². The highest BCUT2D eigenvalue weighted by atomic mass is 35.5. The van der Waals surface area contributed by atoms with Crippen LogP contribution in [-0.2, 0) is 6.54 Å². The van der Waals surface area contributed by atoms with Crippen LogP contribution in [0, 0.1) is 5.82 Å². The summed E-state index contributed by atoms with van der Waals surface area (Å²) in [5.41, 5.74) is 1.45. The van der Waals surface area contributed by atoms with Gasteiger partial charge in [-0.1, -0.05) is 28.9 Å². The summed E-state index contributed by atoms with van der Waals surface area (Å²) in [5, 5.41) is 7.01. The zero-order chi connectivity index (χ0) is 16.2. The van der Waals surface area contributed by atoms with E-state index < -0.39 is 5.91 Å². The normalized spacial score (nSPS) is 10.5. The third-order valence-corrected chi connectivity index (χ3v) is 3.34. The van der Waals surface area contributed by atoms with Crippen molar-refractivity contribution in [2.24, 2.45) is 0 Å². The standard InChI is InChI=1S/C16H11ClFN3O2/c17-12-5-1-10(2-6-12)9-19-15(22)16-20-14(21-23-16)11-3-7-13(18)8-4-11/h1-8H,9H2,(H,19,22). The van der Waals surface area contributed by atoms with Gasteiger partial charge in [-0.2, -0.15) is 4.98 Å². The van der Waals surface area contributed by atoms with Crippen LogP contribution < -0.4 is 5.32 Å². The molecule has 0 saturated carbocycles. The summed E-state index contributed by atoms with van der Waals surface area (Å²) in [6.07, 6.45) is 0. The smallest absolute Gasteiger partial charge is 0.316 e. The minimum absolute atomic E-state index is 0.154. The number of carbonyl (C=O) groups excluding carboxylic acids is 1. The molecule has 2 aromatic carbocycles. The van der Waals surface area contributed by atoms with E-state index >= 15 is 0 Å². The quantitative estimate of drug-likeness (QED) is 0.795. The van der Waals surface area contributed by atoms with Crippen molar-refractivity contribution in [3.63, 3.8) is 0 Å². The van der Waals surface area contributed by atoms with Crippen molar-refractivity contribution in [1.29, 1.82) is 0 Å². The van der Waals surface area contributed by atoms with Crippen molar-refractivity contribution in [1.82, 2.24) is 15.5 Å². The van der Waals surface area contributed by atoms with Crippen LogP contribution in [0.1, 0.15) is 16.2 Å². The molecule has 0 aliphatic carbocycles. The molecule has 0 fully saturated rings. The van der Waals surface area contributed by atoms with Crippen molar-refractivity contribution < 1.29 is 13.7 Å². The van der Waals surface area contributed by atoms with Crippen molar-refractivity contribution in [2.75, 3.05) is 0 Å². The predicted molar refractivity (Wildman–Crippen MR) is 82.3 cm³/mol. The van der Waals surface area contributed by atoms with Crippen molar-refractivity contribution in [3.05, 3.63) is 70.8 Å². The second-order valence-electron chi connectivity index (χ2n) is 4.74. The van der Waals surface area contributed by atoms with Gasteiger partial charge in [0.2, 0.25) is 5.82 Å². The minimum atomic E-state index is -0.485. The van der Waals surface area contributed by atoms with Crippen LogP contribution in [0.2, 0.25) is 5.02 Å². The first-order chi connectivity index (χ1) is 11.1. The Balaban J connectivity index is 1.66. The summed E-state index contributed by atoms with van der Waals surface area (Å²) < 4.78 is 17.8. The number of nitrogens with one attached hydrogen (secondary N) is 1. The molecular weight excluding hydrogens is 321 g/mol. The average molecular weight is 332 g/mol. The van der Waals surface area contributed by atoms with Gasteiger partial charge in [-0.3, -0.25) is 4.79 Å². The number of nitrogens with zero attached hydrogens (tertiary/aromatic N) is 2. The van der Waals surface area contributed by atoms with Gasteiger partial charge in [0.15, 0.2) is 0 Å². The molecule has 3 aromatic rings. The summed E-state index contributed by atoms with van der Waals surface area (Å²) in [6, 6.07) is 12.7. The maximum absolute atomic E-state index is 12.9. The second-order valence-corrected chi connectivity index (χ2v) is 5.18. The molecule has 1 amide bonds. The zero-order valence-electron chi connectivity index (χ0n) is 11.8. The number of rotatable bonds is 4. The number of halogens is 2. The zero-order valence-corrected chi connectivity index (χ0v) is 12.5. The molecule has 3 rings (SSSR count). The fourth-order valence-electron chi connectivity index (χ4n) is 1.89. The predicted octanol–water partition coefficient (Wildman–Crippen LogP) is 3.46. The van der Waals surface area contributed by atoms with Crippen LogP contribution >= 0.6 is 11.6 Å². The lowest BCUT2D eigenvalue weighted by Gasteiger charge is -2.02. The van der Waals surface area contributed by atoms with E-state index in [0.29, 0.717) is 17.1 Å². The first-order valence-corrected chi connectivity index (χ1v) is 7.12. The van der Waals surface area contributed by atoms with Crippen molar-refractivity contribution >= 4 is 17.5 Å². The van der Waals surface area contributed by atoms with Crippen LogP contribution in [-0.4, -0.2) is 16.0 Å². The average Bonchev–Trinajstić information content (AvgIpc) is 3.05. The lowest BCUT2D eigenvalue weighted by Crippen LogP contribution is -2.23. The Labute approximate surface area is 136 Å². The Hall–Kier alpha value is -2.73. The molecule has 1 N–H and O–H groups in total. The fourth-order valence-corrected chi connectivity index (χ4v) is 2.02. The number of hydrogen-bond acceptors (Lipinski definition) is 4. The van der Waals surface area contributed by atoms with E-state index in [1.807, 2.05) is 0 Å². The number of carbonyl (C=O) groups is 1. The Morgan fingerprint density at radius 3 is 2.52 bits per heavy atom. The molecule has 7 heteroatoms. The molecule has 0 radical (unpaired) electrons. The van der Waals surface area contributed by atoms with Gasteiger partial charge < -0.3 is 9.84 Å². The van der Waals surface area contributed by atoms with Crippen molar-refractivity contribution in [2.45, 2.75) is 6.54 Å². The van der Waals surface area contributed by atoms with Gasteiger partial charge in [-0.05, 0) is 42.0 Å². The van der Waals surface area contributed by atoms with Gasteiger partial charge in [-0.25, -0.2) is 4.39 Å². The summed E-state index contributed by atoms with van der Waals surface area (Å²) in [4.78, 5) is 16.0. The van der Waals surface area contributed by atoms with E-state index in [9.17, 15) is 9.18 Å². The number of hydrogen-bond donors (Lipinski definition) is 1. The third kappa shape index (κ3) is 3.73. The van der Waals surface area contributed by atoms with Gasteiger partial charge in [0.1, 0.15) is 5.82 Å². The SMILES string of the molecule is O=C(NCc1ccc(Cl)cc1)c1nc(-c2ccc(F)cc2)no1. The molecule has 0 spiro atoms. The van der Waals surface area contributed by atoms with Crippen LogP contribution in [0.15, 0.2) is 53.1 Å². The summed E-state index contributed by atoms with van der Waals surface area (Å²) in [7, 11) is 0. The van der Waals surface area contributed by atoms with E-state index in [1.54, 1.807) is 24.3 Å². The molecule has 0 bridgehead atoms. The van der Waals surface area contributed by atoms with Gasteiger partial charge in [0.05, 0.1) is 0 Å². The van der Waals surface area contributed by atoms with E-state index in [4.69, 9.17) is 16.1 Å². The lowest BCUT2D eigenvalue weighted by atomic mass is 10.2. The summed E-state index contributed by atoms with van der Waals surface area (Å²) in [6.45, 7) is 0.310. The number of aromatic nitrogens is 2. The maximum atomic E-state index is 12.9. The van der Waals surface area contributed by atoms with E-state index in [0.717, 1.165) is 5.56 Å². The lowest BCUT2D eigenvalue weighted by molar-refractivity contribution is 0.0907. The molecule has 1 heterocycles. The first kappa shape index (κ1) is 15.2. The number of benzene rings is 2. The van der Waals surface area contributed by atoms with E-state index in [-0.39, 0.29) is 17.5 Å². The molecule has 5 nitrogen and oxygen atoms in total. The molecule has 0 aliphatic rings. The molecular formula is C16H11ClFN3O2. The Morgan fingerprint density at radius 1 is 1.13 bits per heavy atom. The van der Waals surface area contributed by atoms with Gasteiger partial charge in [0, 0.05) is 17.1 Å². The molecule has 0 unspecified atom stereocenters. The van der Waals surface area contributed by atoms with Gasteiger partial charge in [0.25, 0.3) is 0 Å². The minimum Gasteiger partial charge on any atom is -0.344 e. The summed E-state index contributed by atoms with van der Waals surface area (Å²) >= 11 is 5.80. The highest BCUT2D eigenvalue weighted by molar-refractivity contribution is 6.30. The molecule has 23 heavy (non-hydrogen) atoms. The molecule has 0 saturated heterocycles. The van der Waals surface area contributed by atoms with Crippen LogP contribution in [0.5, 0.6) is 0 Å². The highest BCUT2D eigenvalue weighted by Crippen LogP contribution is 2.16.